The van der Waals surface area contributed by atoms with E-state index in [1.54, 1.807) is 5.56 Å². The van der Waals surface area contributed by atoms with Crippen LogP contribution in [0.1, 0.15) is 42.9 Å². The second kappa shape index (κ2) is 5.68. The molecule has 2 atom stereocenters. The lowest BCUT2D eigenvalue weighted by Gasteiger charge is -2.21. The molecule has 1 fully saturated rings. The average molecular weight is 231 g/mol. The summed E-state index contributed by atoms with van der Waals surface area (Å²) in [4.78, 5) is 0. The van der Waals surface area contributed by atoms with E-state index in [9.17, 15) is 0 Å². The number of aryl methyl sites for hydroxylation is 2. The van der Waals surface area contributed by atoms with Crippen molar-refractivity contribution in [1.29, 1.82) is 0 Å². The molecule has 2 unspecified atom stereocenters. The summed E-state index contributed by atoms with van der Waals surface area (Å²) in [6.07, 6.45) is 5.41. The van der Waals surface area contributed by atoms with E-state index in [0.717, 1.165) is 18.5 Å². The van der Waals surface area contributed by atoms with E-state index in [2.05, 4.69) is 44.3 Å². The number of benzene rings is 1. The molecule has 0 heterocycles. The fourth-order valence-electron chi connectivity index (χ4n) is 3.11. The molecule has 0 bridgehead atoms. The third-order valence-corrected chi connectivity index (χ3v) is 4.11. The fraction of sp³-hybridized carbons (Fsp3) is 0.625. The first-order chi connectivity index (χ1) is 8.20. The Bertz CT molecular complexity index is 370. The van der Waals surface area contributed by atoms with Gasteiger partial charge in [0.25, 0.3) is 0 Å². The minimum Gasteiger partial charge on any atom is -0.314 e. The monoisotopic (exact) mass is 231 g/mol. The van der Waals surface area contributed by atoms with Crippen molar-refractivity contribution in [1.82, 2.24) is 5.32 Å². The van der Waals surface area contributed by atoms with Gasteiger partial charge >= 0.3 is 0 Å². The van der Waals surface area contributed by atoms with E-state index >= 15 is 0 Å². The van der Waals surface area contributed by atoms with Crippen molar-refractivity contribution in [3.05, 3.63) is 34.9 Å². The maximum absolute atomic E-state index is 3.65. The van der Waals surface area contributed by atoms with Crippen molar-refractivity contribution in [3.8, 4) is 0 Å². The molecule has 1 aromatic carbocycles. The van der Waals surface area contributed by atoms with Crippen LogP contribution in [0.5, 0.6) is 0 Å². The molecular formula is C16H25N. The smallest absolute Gasteiger partial charge is 0.00983 e. The molecule has 0 saturated heterocycles. The highest BCUT2D eigenvalue weighted by Gasteiger charge is 2.26. The van der Waals surface area contributed by atoms with Gasteiger partial charge in [0.1, 0.15) is 0 Å². The molecule has 1 aliphatic rings. The molecule has 1 aromatic rings. The average Bonchev–Trinajstić information content (AvgIpc) is 2.72. The highest BCUT2D eigenvalue weighted by atomic mass is 14.9. The number of rotatable bonds is 4. The Kier molecular flexibility index (Phi) is 4.22. The zero-order chi connectivity index (χ0) is 12.3. The van der Waals surface area contributed by atoms with Gasteiger partial charge in [0.2, 0.25) is 0 Å². The predicted molar refractivity (Wildman–Crippen MR) is 74.4 cm³/mol. The largest absolute Gasteiger partial charge is 0.314 e. The first-order valence-electron chi connectivity index (χ1n) is 7.00. The Hall–Kier alpha value is -0.820. The zero-order valence-corrected chi connectivity index (χ0v) is 11.4. The summed E-state index contributed by atoms with van der Waals surface area (Å²) < 4.78 is 0. The Morgan fingerprint density at radius 3 is 2.82 bits per heavy atom. The number of nitrogens with one attached hydrogen (secondary N) is 1. The van der Waals surface area contributed by atoms with Crippen LogP contribution in [-0.2, 0) is 6.42 Å². The van der Waals surface area contributed by atoms with Gasteiger partial charge in [-0.05, 0) is 56.7 Å². The molecule has 1 saturated carbocycles. The van der Waals surface area contributed by atoms with Gasteiger partial charge in [-0.1, -0.05) is 37.1 Å². The van der Waals surface area contributed by atoms with Gasteiger partial charge in [-0.15, -0.1) is 0 Å². The van der Waals surface area contributed by atoms with E-state index in [1.165, 1.54) is 36.8 Å². The normalized spacial score (nSPS) is 24.2. The van der Waals surface area contributed by atoms with Gasteiger partial charge in [0.05, 0.1) is 0 Å². The van der Waals surface area contributed by atoms with Gasteiger partial charge in [-0.3, -0.25) is 0 Å². The van der Waals surface area contributed by atoms with Gasteiger partial charge in [0.15, 0.2) is 0 Å². The molecule has 0 amide bonds. The summed E-state index contributed by atoms with van der Waals surface area (Å²) in [7, 11) is 0. The van der Waals surface area contributed by atoms with Crippen LogP contribution in [0.25, 0.3) is 0 Å². The molecule has 2 rings (SSSR count). The van der Waals surface area contributed by atoms with Crippen molar-refractivity contribution in [2.24, 2.45) is 5.92 Å². The molecular weight excluding hydrogens is 206 g/mol. The fourth-order valence-corrected chi connectivity index (χ4v) is 3.11. The van der Waals surface area contributed by atoms with Crippen LogP contribution >= 0.6 is 0 Å². The van der Waals surface area contributed by atoms with E-state index in [-0.39, 0.29) is 0 Å². The Morgan fingerprint density at radius 2 is 2.06 bits per heavy atom. The highest BCUT2D eigenvalue weighted by molar-refractivity contribution is 5.31. The summed E-state index contributed by atoms with van der Waals surface area (Å²) in [6, 6.07) is 7.60. The molecule has 1 nitrogen and oxygen atoms in total. The van der Waals surface area contributed by atoms with Crippen LogP contribution in [0, 0.1) is 19.8 Å². The van der Waals surface area contributed by atoms with E-state index in [1.807, 2.05) is 0 Å². The molecule has 0 aromatic heterocycles. The first kappa shape index (κ1) is 12.6. The third kappa shape index (κ3) is 3.10. The topological polar surface area (TPSA) is 12.0 Å². The van der Waals surface area contributed by atoms with Crippen LogP contribution < -0.4 is 5.32 Å². The van der Waals surface area contributed by atoms with Gasteiger partial charge in [0, 0.05) is 6.04 Å². The molecule has 1 aliphatic carbocycles. The molecule has 0 radical (unpaired) electrons. The van der Waals surface area contributed by atoms with E-state index < -0.39 is 0 Å². The Labute approximate surface area is 106 Å². The summed E-state index contributed by atoms with van der Waals surface area (Å²) in [5.74, 6) is 0.843. The summed E-state index contributed by atoms with van der Waals surface area (Å²) in [6.45, 7) is 7.76. The Balaban J connectivity index is 2.06. The van der Waals surface area contributed by atoms with Crippen molar-refractivity contribution in [2.75, 3.05) is 6.54 Å². The molecule has 1 heteroatoms. The van der Waals surface area contributed by atoms with Crippen molar-refractivity contribution < 1.29 is 0 Å². The molecule has 17 heavy (non-hydrogen) atoms. The lowest BCUT2D eigenvalue weighted by Crippen LogP contribution is -2.33. The van der Waals surface area contributed by atoms with Crippen LogP contribution in [0.15, 0.2) is 18.2 Å². The highest BCUT2D eigenvalue weighted by Crippen LogP contribution is 2.29. The first-order valence-corrected chi connectivity index (χ1v) is 7.00. The molecule has 94 valence electrons. The summed E-state index contributed by atoms with van der Waals surface area (Å²) in [5.41, 5.74) is 4.40. The standard InChI is InChI=1S/C16H25N/c1-4-17-16-7-5-6-14(16)11-15-10-12(2)8-9-13(15)3/h8-10,14,16-17H,4-7,11H2,1-3H3. The SMILES string of the molecule is CCNC1CCCC1Cc1cc(C)ccc1C. The third-order valence-electron chi connectivity index (χ3n) is 4.11. The lowest BCUT2D eigenvalue weighted by molar-refractivity contribution is 0.406. The van der Waals surface area contributed by atoms with Crippen molar-refractivity contribution in [2.45, 2.75) is 52.5 Å². The molecule has 0 aliphatic heterocycles. The number of hydrogen-bond donors (Lipinski definition) is 1. The van der Waals surface area contributed by atoms with E-state index in [0.29, 0.717) is 0 Å². The minimum absolute atomic E-state index is 0.750. The maximum Gasteiger partial charge on any atom is 0.00983 e. The van der Waals surface area contributed by atoms with E-state index in [4.69, 9.17) is 0 Å². The molecule has 0 spiro atoms. The summed E-state index contributed by atoms with van der Waals surface area (Å²) in [5, 5.41) is 3.65. The maximum atomic E-state index is 3.65. The lowest BCUT2D eigenvalue weighted by atomic mass is 9.91. The summed E-state index contributed by atoms with van der Waals surface area (Å²) >= 11 is 0. The molecule has 1 N–H and O–H groups in total. The van der Waals surface area contributed by atoms with Crippen molar-refractivity contribution in [3.63, 3.8) is 0 Å². The predicted octanol–water partition coefficient (Wildman–Crippen LogP) is 3.62. The van der Waals surface area contributed by atoms with Gasteiger partial charge in [-0.2, -0.15) is 0 Å². The van der Waals surface area contributed by atoms with Crippen LogP contribution in [0.4, 0.5) is 0 Å². The second-order valence-electron chi connectivity index (χ2n) is 5.49. The van der Waals surface area contributed by atoms with Crippen molar-refractivity contribution >= 4 is 0 Å². The van der Waals surface area contributed by atoms with Crippen LogP contribution in [0.2, 0.25) is 0 Å². The van der Waals surface area contributed by atoms with Crippen LogP contribution in [0.3, 0.4) is 0 Å². The quantitative estimate of drug-likeness (QED) is 0.834. The zero-order valence-electron chi connectivity index (χ0n) is 11.4. The van der Waals surface area contributed by atoms with Gasteiger partial charge < -0.3 is 5.32 Å². The minimum atomic E-state index is 0.750. The van der Waals surface area contributed by atoms with Crippen LogP contribution in [-0.4, -0.2) is 12.6 Å². The Morgan fingerprint density at radius 1 is 1.24 bits per heavy atom. The number of hydrogen-bond acceptors (Lipinski definition) is 1. The van der Waals surface area contributed by atoms with Gasteiger partial charge in [-0.25, -0.2) is 0 Å². The second-order valence-corrected chi connectivity index (χ2v) is 5.49.